The van der Waals surface area contributed by atoms with Gasteiger partial charge in [-0.05, 0) is 31.1 Å². The normalized spacial score (nSPS) is 12.1. The maximum Gasteiger partial charge on any atom is 0.306 e. The average molecular weight is 709 g/mol. The molecule has 0 bridgehead atoms. The summed E-state index contributed by atoms with van der Waals surface area (Å²) in [4.78, 5) is 37.5. The average Bonchev–Trinajstić information content (AvgIpc) is 3.08. The molecule has 296 valence electrons. The first-order chi connectivity index (χ1) is 24.2. The molecule has 0 spiro atoms. The number of hydrogen-bond acceptors (Lipinski definition) is 6. The van der Waals surface area contributed by atoms with Crippen LogP contribution in [-0.4, -0.2) is 37.2 Å². The molecule has 0 aliphatic carbocycles. The van der Waals surface area contributed by atoms with E-state index in [1.54, 1.807) is 0 Å². The molecular formula is C44H84O6. The Morgan fingerprint density at radius 2 is 0.660 bits per heavy atom. The second kappa shape index (κ2) is 37.2. The first kappa shape index (κ1) is 48.4. The van der Waals surface area contributed by atoms with Crippen LogP contribution in [0.5, 0.6) is 0 Å². The number of carbonyl (C=O) groups excluding carboxylic acids is 3. The molecule has 0 amide bonds. The van der Waals surface area contributed by atoms with Gasteiger partial charge in [-0.3, -0.25) is 14.4 Å². The van der Waals surface area contributed by atoms with E-state index in [9.17, 15) is 14.4 Å². The third-order valence-corrected chi connectivity index (χ3v) is 9.72. The van der Waals surface area contributed by atoms with Crippen molar-refractivity contribution in [2.24, 2.45) is 11.8 Å². The monoisotopic (exact) mass is 709 g/mol. The quantitative estimate of drug-likeness (QED) is 0.0361. The van der Waals surface area contributed by atoms with Crippen molar-refractivity contribution < 1.29 is 28.6 Å². The summed E-state index contributed by atoms with van der Waals surface area (Å²) in [5.41, 5.74) is 0. The molecular weight excluding hydrogens is 624 g/mol. The van der Waals surface area contributed by atoms with Gasteiger partial charge in [-0.2, -0.15) is 0 Å². The molecule has 1 atom stereocenters. The summed E-state index contributed by atoms with van der Waals surface area (Å²) >= 11 is 0. The predicted octanol–water partition coefficient (Wildman–Crippen LogP) is 13.4. The van der Waals surface area contributed by atoms with Crippen molar-refractivity contribution in [1.29, 1.82) is 0 Å². The minimum atomic E-state index is -0.758. The molecule has 0 aliphatic heterocycles. The van der Waals surface area contributed by atoms with Crippen molar-refractivity contribution in [2.75, 3.05) is 13.2 Å². The molecule has 0 N–H and O–H groups in total. The number of esters is 3. The maximum atomic E-state index is 12.6. The highest BCUT2D eigenvalue weighted by atomic mass is 16.6. The van der Waals surface area contributed by atoms with Crippen LogP contribution in [0, 0.1) is 11.8 Å². The van der Waals surface area contributed by atoms with Crippen LogP contribution in [0.1, 0.15) is 234 Å². The maximum absolute atomic E-state index is 12.6. The third-order valence-electron chi connectivity index (χ3n) is 9.72. The number of carbonyl (C=O) groups is 3. The van der Waals surface area contributed by atoms with E-state index in [-0.39, 0.29) is 31.1 Å². The Morgan fingerprint density at radius 3 is 0.980 bits per heavy atom. The van der Waals surface area contributed by atoms with Crippen LogP contribution in [0.25, 0.3) is 0 Å². The molecule has 0 aromatic heterocycles. The number of ether oxygens (including phenoxy) is 3. The van der Waals surface area contributed by atoms with E-state index >= 15 is 0 Å². The summed E-state index contributed by atoms with van der Waals surface area (Å²) < 4.78 is 16.6. The van der Waals surface area contributed by atoms with E-state index in [4.69, 9.17) is 14.2 Å². The van der Waals surface area contributed by atoms with Gasteiger partial charge in [0.15, 0.2) is 6.10 Å². The van der Waals surface area contributed by atoms with Crippen LogP contribution in [-0.2, 0) is 28.6 Å². The Balaban J connectivity index is 4.26. The first-order valence-electron chi connectivity index (χ1n) is 21.7. The van der Waals surface area contributed by atoms with E-state index in [2.05, 4.69) is 34.6 Å². The Kier molecular flexibility index (Phi) is 36.0. The van der Waals surface area contributed by atoms with Gasteiger partial charge in [0.2, 0.25) is 0 Å². The van der Waals surface area contributed by atoms with Gasteiger partial charge in [-0.1, -0.05) is 195 Å². The van der Waals surface area contributed by atoms with Gasteiger partial charge in [0.05, 0.1) is 0 Å². The number of rotatable bonds is 38. The van der Waals surface area contributed by atoms with Gasteiger partial charge in [0.25, 0.3) is 0 Å². The van der Waals surface area contributed by atoms with Gasteiger partial charge in [0.1, 0.15) is 13.2 Å². The van der Waals surface area contributed by atoms with Crippen molar-refractivity contribution in [3.8, 4) is 0 Å². The van der Waals surface area contributed by atoms with Gasteiger partial charge < -0.3 is 14.2 Å². The summed E-state index contributed by atoms with van der Waals surface area (Å²) in [5, 5.41) is 0. The van der Waals surface area contributed by atoms with Crippen molar-refractivity contribution in [2.45, 2.75) is 240 Å². The SMILES string of the molecule is CCCCCCCCCC(=O)O[C@H](COC(=O)CCCCCCCCCCCCCC(C)C)COC(=O)CCCCCCCCCCC(C)C. The third kappa shape index (κ3) is 37.7. The Bertz CT molecular complexity index is 764. The van der Waals surface area contributed by atoms with Gasteiger partial charge in [-0.25, -0.2) is 0 Å². The van der Waals surface area contributed by atoms with Crippen molar-refractivity contribution in [3.05, 3.63) is 0 Å². The minimum absolute atomic E-state index is 0.0660. The smallest absolute Gasteiger partial charge is 0.306 e. The molecule has 0 aromatic carbocycles. The number of hydrogen-bond donors (Lipinski definition) is 0. The van der Waals surface area contributed by atoms with Crippen LogP contribution >= 0.6 is 0 Å². The lowest BCUT2D eigenvalue weighted by molar-refractivity contribution is -0.167. The Morgan fingerprint density at radius 1 is 0.380 bits per heavy atom. The largest absolute Gasteiger partial charge is 0.462 e. The Labute approximate surface area is 310 Å². The number of unbranched alkanes of at least 4 members (excludes halogenated alkanes) is 23. The Hall–Kier alpha value is -1.59. The highest BCUT2D eigenvalue weighted by molar-refractivity contribution is 5.71. The van der Waals surface area contributed by atoms with E-state index < -0.39 is 6.10 Å². The zero-order chi connectivity index (χ0) is 36.9. The molecule has 0 saturated carbocycles. The van der Waals surface area contributed by atoms with E-state index in [1.807, 2.05) is 0 Å². The van der Waals surface area contributed by atoms with Gasteiger partial charge in [0, 0.05) is 19.3 Å². The van der Waals surface area contributed by atoms with Gasteiger partial charge in [-0.15, -0.1) is 0 Å². The second-order valence-electron chi connectivity index (χ2n) is 15.9. The van der Waals surface area contributed by atoms with E-state index in [0.29, 0.717) is 19.3 Å². The molecule has 0 aliphatic rings. The fraction of sp³-hybridized carbons (Fsp3) is 0.932. The lowest BCUT2D eigenvalue weighted by atomic mass is 10.0. The molecule has 6 nitrogen and oxygen atoms in total. The minimum Gasteiger partial charge on any atom is -0.462 e. The fourth-order valence-electron chi connectivity index (χ4n) is 6.40. The van der Waals surface area contributed by atoms with Crippen molar-refractivity contribution in [1.82, 2.24) is 0 Å². The topological polar surface area (TPSA) is 78.9 Å². The van der Waals surface area contributed by atoms with Gasteiger partial charge >= 0.3 is 17.9 Å². The standard InChI is InChI=1S/C44H84O6/c1-6-7-8-9-17-26-31-36-44(47)50-41(38-49-43(46)35-30-25-21-16-15-19-23-28-33-40(4)5)37-48-42(45)34-29-24-20-14-12-10-11-13-18-22-27-32-39(2)3/h39-41H,6-38H2,1-5H3/t41-/m1/s1. The van der Waals surface area contributed by atoms with Crippen LogP contribution in [0.2, 0.25) is 0 Å². The summed E-state index contributed by atoms with van der Waals surface area (Å²) in [7, 11) is 0. The first-order valence-corrected chi connectivity index (χ1v) is 21.7. The molecule has 0 radical (unpaired) electrons. The lowest BCUT2D eigenvalue weighted by Gasteiger charge is -2.18. The highest BCUT2D eigenvalue weighted by Gasteiger charge is 2.19. The molecule has 0 heterocycles. The van der Waals surface area contributed by atoms with Crippen LogP contribution in [0.3, 0.4) is 0 Å². The zero-order valence-electron chi connectivity index (χ0n) is 34.0. The zero-order valence-corrected chi connectivity index (χ0v) is 34.0. The molecule has 0 aromatic rings. The summed E-state index contributed by atoms with van der Waals surface area (Å²) in [6.07, 6.45) is 33.9. The molecule has 0 unspecified atom stereocenters. The second-order valence-corrected chi connectivity index (χ2v) is 15.9. The molecule has 0 rings (SSSR count). The summed E-state index contributed by atoms with van der Waals surface area (Å²) in [5.74, 6) is 0.755. The van der Waals surface area contributed by atoms with Crippen molar-refractivity contribution >= 4 is 17.9 Å². The predicted molar refractivity (Wildman–Crippen MR) is 210 cm³/mol. The molecule has 0 saturated heterocycles. The van der Waals surface area contributed by atoms with Crippen LogP contribution in [0.15, 0.2) is 0 Å². The fourth-order valence-corrected chi connectivity index (χ4v) is 6.40. The van der Waals surface area contributed by atoms with E-state index in [0.717, 1.165) is 69.6 Å². The highest BCUT2D eigenvalue weighted by Crippen LogP contribution is 2.16. The van der Waals surface area contributed by atoms with Crippen LogP contribution in [0.4, 0.5) is 0 Å². The molecule has 0 fully saturated rings. The summed E-state index contributed by atoms with van der Waals surface area (Å²) in [6.45, 7) is 11.3. The molecule has 6 heteroatoms. The lowest BCUT2D eigenvalue weighted by Crippen LogP contribution is -2.30. The van der Waals surface area contributed by atoms with E-state index in [1.165, 1.54) is 122 Å². The molecule has 50 heavy (non-hydrogen) atoms. The van der Waals surface area contributed by atoms with Crippen LogP contribution < -0.4 is 0 Å². The van der Waals surface area contributed by atoms with Crippen molar-refractivity contribution in [3.63, 3.8) is 0 Å². The summed E-state index contributed by atoms with van der Waals surface area (Å²) in [6, 6.07) is 0.